The van der Waals surface area contributed by atoms with Crippen LogP contribution in [0.5, 0.6) is 0 Å². The first-order valence-corrected chi connectivity index (χ1v) is 21.4. The van der Waals surface area contributed by atoms with Crippen LogP contribution in [0.4, 0.5) is 0 Å². The van der Waals surface area contributed by atoms with Crippen molar-refractivity contribution in [2.24, 2.45) is 59.2 Å². The molecule has 12 atom stereocenters. The first-order chi connectivity index (χ1) is 24.3. The number of hydrogen-bond acceptors (Lipinski definition) is 7. The van der Waals surface area contributed by atoms with Crippen LogP contribution >= 0.6 is 23.2 Å². The van der Waals surface area contributed by atoms with E-state index in [1.807, 2.05) is 0 Å². The molecule has 2 N–H and O–H groups in total. The van der Waals surface area contributed by atoms with Crippen LogP contribution in [0, 0.1) is 59.2 Å². The predicted molar refractivity (Wildman–Crippen MR) is 193 cm³/mol. The number of carboxylic acid groups (broad SMARTS) is 1. The van der Waals surface area contributed by atoms with Gasteiger partial charge in [-0.15, -0.1) is 23.2 Å². The van der Waals surface area contributed by atoms with Crippen LogP contribution < -0.4 is 0 Å². The average Bonchev–Trinajstić information content (AvgIpc) is 3.14. The second-order valence-corrected chi connectivity index (χ2v) is 18.5. The van der Waals surface area contributed by atoms with Gasteiger partial charge in [0.15, 0.2) is 0 Å². The van der Waals surface area contributed by atoms with Gasteiger partial charge < -0.3 is 9.84 Å². The third-order valence-corrected chi connectivity index (χ3v) is 15.4. The largest absolute Gasteiger partial charge is 0.481 e. The van der Waals surface area contributed by atoms with E-state index in [4.69, 9.17) is 37.7 Å². The molecule has 10 heteroatoms. The summed E-state index contributed by atoms with van der Waals surface area (Å²) in [5, 5.41) is 18.7. The normalized spacial score (nSPS) is 41.0. The molecule has 0 spiro atoms. The number of esters is 1. The van der Waals surface area contributed by atoms with Gasteiger partial charge in [-0.1, -0.05) is 64.2 Å². The monoisotopic (exact) mass is 742 g/mol. The minimum Gasteiger partial charge on any atom is -0.481 e. The molecule has 0 heterocycles. The SMILES string of the molecule is O=C(O)C1CCC(C2CCCCC2)CC1C(=O)OC1CCC(C2CCC(OOCC3CC(C4CCCCC4)CCC3COO)C(Cl)C2)CC1Cl. The summed E-state index contributed by atoms with van der Waals surface area (Å²) in [5.41, 5.74) is 0. The average molecular weight is 744 g/mol. The van der Waals surface area contributed by atoms with E-state index in [9.17, 15) is 20.0 Å². The number of ether oxygens (including phenoxy) is 1. The highest BCUT2D eigenvalue weighted by Gasteiger charge is 2.45. The van der Waals surface area contributed by atoms with Gasteiger partial charge in [-0.05, 0) is 124 Å². The minimum absolute atomic E-state index is 0.146. The van der Waals surface area contributed by atoms with Gasteiger partial charge >= 0.3 is 11.9 Å². The zero-order chi connectivity index (χ0) is 35.0. The third-order valence-electron chi connectivity index (χ3n) is 14.5. The Kier molecular flexibility index (Phi) is 14.9. The van der Waals surface area contributed by atoms with Crippen LogP contribution in [0.1, 0.15) is 141 Å². The van der Waals surface area contributed by atoms with Gasteiger partial charge in [0, 0.05) is 0 Å². The molecule has 6 aliphatic carbocycles. The fourth-order valence-corrected chi connectivity index (χ4v) is 12.3. The maximum absolute atomic E-state index is 13.5. The molecule has 8 nitrogen and oxygen atoms in total. The number of carbonyl (C=O) groups is 2. The second-order valence-electron chi connectivity index (χ2n) is 17.4. The predicted octanol–water partition coefficient (Wildman–Crippen LogP) is 9.83. The van der Waals surface area contributed by atoms with Crippen LogP contribution in [0.2, 0.25) is 0 Å². The van der Waals surface area contributed by atoms with E-state index in [-0.39, 0.29) is 34.8 Å². The van der Waals surface area contributed by atoms with Gasteiger partial charge in [-0.3, -0.25) is 14.8 Å². The summed E-state index contributed by atoms with van der Waals surface area (Å²) in [4.78, 5) is 42.2. The molecule has 6 rings (SSSR count). The lowest BCUT2D eigenvalue weighted by atomic mass is 9.67. The summed E-state index contributed by atoms with van der Waals surface area (Å²) >= 11 is 13.9. The summed E-state index contributed by atoms with van der Waals surface area (Å²) < 4.78 is 6.07. The van der Waals surface area contributed by atoms with Crippen molar-refractivity contribution in [2.45, 2.75) is 164 Å². The summed E-state index contributed by atoms with van der Waals surface area (Å²) in [6.45, 7) is 0.856. The fourth-order valence-electron chi connectivity index (χ4n) is 11.5. The van der Waals surface area contributed by atoms with Crippen molar-refractivity contribution in [1.82, 2.24) is 0 Å². The third kappa shape index (κ3) is 10.1. The molecular weight excluding hydrogens is 679 g/mol. The van der Waals surface area contributed by atoms with Crippen molar-refractivity contribution < 1.29 is 39.4 Å². The summed E-state index contributed by atoms with van der Waals surface area (Å²) in [5.74, 6) is 1.55. The summed E-state index contributed by atoms with van der Waals surface area (Å²) in [7, 11) is 0. The number of alkyl halides is 2. The van der Waals surface area contributed by atoms with E-state index in [0.717, 1.165) is 63.2 Å². The van der Waals surface area contributed by atoms with E-state index in [0.29, 0.717) is 62.1 Å². The lowest BCUT2D eigenvalue weighted by Gasteiger charge is -2.42. The summed E-state index contributed by atoms with van der Waals surface area (Å²) in [6.07, 6.45) is 22.9. The molecule has 12 unspecified atom stereocenters. The quantitative estimate of drug-likeness (QED) is 0.0880. The van der Waals surface area contributed by atoms with Gasteiger partial charge in [0.25, 0.3) is 0 Å². The number of hydrogen-bond donors (Lipinski definition) is 2. The van der Waals surface area contributed by atoms with Crippen molar-refractivity contribution in [3.8, 4) is 0 Å². The highest BCUT2D eigenvalue weighted by atomic mass is 35.5. The molecule has 0 saturated heterocycles. The molecule has 0 amide bonds. The molecule has 0 aliphatic heterocycles. The Hall–Kier alpha value is -0.640. The van der Waals surface area contributed by atoms with Crippen LogP contribution in [0.25, 0.3) is 0 Å². The number of aliphatic carboxylic acids is 1. The first-order valence-electron chi connectivity index (χ1n) is 20.6. The molecule has 6 saturated carbocycles. The van der Waals surface area contributed by atoms with Gasteiger partial charge in [-0.2, -0.15) is 0 Å². The van der Waals surface area contributed by atoms with Gasteiger partial charge in [0.05, 0.1) is 35.8 Å². The first kappa shape index (κ1) is 39.1. The molecule has 286 valence electrons. The number of rotatable bonds is 12. The molecule has 0 bridgehead atoms. The summed E-state index contributed by atoms with van der Waals surface area (Å²) in [6, 6.07) is 0. The molecule has 6 fully saturated rings. The van der Waals surface area contributed by atoms with Crippen molar-refractivity contribution in [3.63, 3.8) is 0 Å². The van der Waals surface area contributed by atoms with E-state index in [2.05, 4.69) is 4.89 Å². The molecular formula is C40H64Cl2O8. The van der Waals surface area contributed by atoms with Gasteiger partial charge in [0.1, 0.15) is 12.2 Å². The van der Waals surface area contributed by atoms with Crippen LogP contribution in [0.15, 0.2) is 0 Å². The maximum Gasteiger partial charge on any atom is 0.310 e. The van der Waals surface area contributed by atoms with Crippen LogP contribution in [-0.4, -0.2) is 58.5 Å². The minimum atomic E-state index is -0.876. The number of carboxylic acids is 1. The van der Waals surface area contributed by atoms with Crippen molar-refractivity contribution >= 4 is 35.1 Å². The maximum atomic E-state index is 13.5. The molecule has 0 aromatic carbocycles. The van der Waals surface area contributed by atoms with Crippen molar-refractivity contribution in [2.75, 3.05) is 13.2 Å². The Labute approximate surface area is 310 Å². The Morgan fingerprint density at radius 1 is 0.540 bits per heavy atom. The zero-order valence-electron chi connectivity index (χ0n) is 30.2. The Bertz CT molecular complexity index is 1070. The smallest absolute Gasteiger partial charge is 0.310 e. The van der Waals surface area contributed by atoms with Gasteiger partial charge in [-0.25, -0.2) is 14.7 Å². The second kappa shape index (κ2) is 19.1. The topological polar surface area (TPSA) is 112 Å². The fraction of sp³-hybridized carbons (Fsp3) is 0.950. The highest BCUT2D eigenvalue weighted by Crippen LogP contribution is 2.46. The van der Waals surface area contributed by atoms with Crippen molar-refractivity contribution in [3.05, 3.63) is 0 Å². The zero-order valence-corrected chi connectivity index (χ0v) is 31.7. The standard InChI is InChI=1S/C40H64Cl2O8/c41-35-21-29(14-17-37(35)49-40(45)34-20-28(13-16-33(34)39(43)44)26-9-5-2-6-10-26)30-15-18-38(36(42)22-30)50-48-24-32-19-27(11-12-31(32)23-47-46)25-7-3-1-4-8-25/h25-38,46H,1-24H2,(H,43,44). The lowest BCUT2D eigenvalue weighted by molar-refractivity contribution is -0.340. The molecule has 50 heavy (non-hydrogen) atoms. The molecule has 0 aromatic heterocycles. The molecule has 6 aliphatic rings. The van der Waals surface area contributed by atoms with Crippen LogP contribution in [0.3, 0.4) is 0 Å². The lowest BCUT2D eigenvalue weighted by Crippen LogP contribution is -2.43. The van der Waals surface area contributed by atoms with Crippen LogP contribution in [-0.2, 0) is 29.0 Å². The van der Waals surface area contributed by atoms with Crippen molar-refractivity contribution in [1.29, 1.82) is 0 Å². The van der Waals surface area contributed by atoms with Gasteiger partial charge in [0.2, 0.25) is 0 Å². The number of halogens is 2. The van der Waals surface area contributed by atoms with E-state index in [1.54, 1.807) is 0 Å². The molecule has 0 radical (unpaired) electrons. The Morgan fingerprint density at radius 3 is 1.66 bits per heavy atom. The van der Waals surface area contributed by atoms with E-state index >= 15 is 0 Å². The van der Waals surface area contributed by atoms with E-state index < -0.39 is 17.8 Å². The Balaban J connectivity index is 0.934. The Morgan fingerprint density at radius 2 is 1.08 bits per heavy atom. The molecule has 0 aromatic rings. The highest BCUT2D eigenvalue weighted by molar-refractivity contribution is 6.21. The number of carbonyl (C=O) groups excluding carboxylic acids is 1. The van der Waals surface area contributed by atoms with E-state index in [1.165, 1.54) is 70.6 Å².